The molecule has 0 saturated heterocycles. The van der Waals surface area contributed by atoms with E-state index in [0.717, 1.165) is 12.0 Å². The van der Waals surface area contributed by atoms with Crippen molar-refractivity contribution >= 4 is 18.9 Å². The van der Waals surface area contributed by atoms with E-state index in [9.17, 15) is 4.57 Å². The van der Waals surface area contributed by atoms with Crippen molar-refractivity contribution in [1.82, 2.24) is 4.57 Å². The number of rotatable bonds is 6. The standard InChI is InChI=1S/C18H19NO2P/c1-19-13-16(17-9-5-6-10-18(17)19)11-12-22(20)21-14-15-7-3-2-4-8-15/h2-10,13H,11-12,14H2,1H3/q+1. The SMILES string of the molecule is Cn1cc(CC[P+](=O)OCc2ccccc2)c2ccccc21. The molecule has 0 amide bonds. The van der Waals surface area contributed by atoms with Gasteiger partial charge in [-0.2, -0.15) is 0 Å². The summed E-state index contributed by atoms with van der Waals surface area (Å²) in [6, 6.07) is 18.1. The molecule has 0 aliphatic carbocycles. The summed E-state index contributed by atoms with van der Waals surface area (Å²) in [5.74, 6) is 0. The van der Waals surface area contributed by atoms with E-state index >= 15 is 0 Å². The Labute approximate surface area is 131 Å². The summed E-state index contributed by atoms with van der Waals surface area (Å²) >= 11 is 0. The van der Waals surface area contributed by atoms with Gasteiger partial charge in [0.1, 0.15) is 6.61 Å². The number of benzene rings is 2. The number of fused-ring (bicyclic) bond motifs is 1. The predicted octanol–water partition coefficient (Wildman–Crippen LogP) is 4.68. The van der Waals surface area contributed by atoms with Crippen LogP contribution in [0.1, 0.15) is 11.1 Å². The molecule has 3 nitrogen and oxygen atoms in total. The van der Waals surface area contributed by atoms with Crippen LogP contribution >= 0.6 is 8.03 Å². The molecule has 4 heteroatoms. The minimum Gasteiger partial charge on any atom is -0.350 e. The Morgan fingerprint density at radius 3 is 2.59 bits per heavy atom. The van der Waals surface area contributed by atoms with Gasteiger partial charge < -0.3 is 4.57 Å². The zero-order valence-corrected chi connectivity index (χ0v) is 13.5. The van der Waals surface area contributed by atoms with Crippen molar-refractivity contribution in [3.05, 3.63) is 71.9 Å². The lowest BCUT2D eigenvalue weighted by molar-refractivity contribution is 0.318. The van der Waals surface area contributed by atoms with Crippen LogP contribution < -0.4 is 0 Å². The van der Waals surface area contributed by atoms with E-state index in [0.29, 0.717) is 12.8 Å². The second kappa shape index (κ2) is 6.87. The minimum absolute atomic E-state index is 0.408. The normalized spacial score (nSPS) is 11.8. The highest BCUT2D eigenvalue weighted by molar-refractivity contribution is 7.39. The molecular weight excluding hydrogens is 293 g/mol. The van der Waals surface area contributed by atoms with Crippen LogP contribution in [0.5, 0.6) is 0 Å². The summed E-state index contributed by atoms with van der Waals surface area (Å²) in [5.41, 5.74) is 3.48. The Bertz CT molecular complexity index is 780. The van der Waals surface area contributed by atoms with E-state index in [1.165, 1.54) is 16.5 Å². The highest BCUT2D eigenvalue weighted by Gasteiger charge is 2.19. The van der Waals surface area contributed by atoms with Crippen molar-refractivity contribution in [1.29, 1.82) is 0 Å². The van der Waals surface area contributed by atoms with E-state index in [4.69, 9.17) is 4.52 Å². The van der Waals surface area contributed by atoms with Crippen LogP contribution in [0.25, 0.3) is 10.9 Å². The van der Waals surface area contributed by atoms with Crippen molar-refractivity contribution in [2.24, 2.45) is 7.05 Å². The first-order chi connectivity index (χ1) is 10.7. The third kappa shape index (κ3) is 3.44. The predicted molar refractivity (Wildman–Crippen MR) is 90.3 cm³/mol. The van der Waals surface area contributed by atoms with Crippen LogP contribution in [0, 0.1) is 0 Å². The molecule has 0 aliphatic rings. The Balaban J connectivity index is 1.58. The highest BCUT2D eigenvalue weighted by Crippen LogP contribution is 2.28. The van der Waals surface area contributed by atoms with E-state index in [1.807, 2.05) is 49.5 Å². The number of hydrogen-bond acceptors (Lipinski definition) is 2. The average Bonchev–Trinajstić information content (AvgIpc) is 2.89. The zero-order valence-electron chi connectivity index (χ0n) is 12.6. The van der Waals surface area contributed by atoms with E-state index in [1.54, 1.807) is 0 Å². The summed E-state index contributed by atoms with van der Waals surface area (Å²) in [4.78, 5) is 0. The molecule has 112 valence electrons. The number of aryl methyl sites for hydroxylation is 2. The quantitative estimate of drug-likeness (QED) is 0.619. The molecule has 0 fully saturated rings. The Kier molecular flexibility index (Phi) is 4.67. The number of nitrogens with zero attached hydrogens (tertiary/aromatic N) is 1. The van der Waals surface area contributed by atoms with Crippen molar-refractivity contribution in [2.45, 2.75) is 13.0 Å². The fourth-order valence-electron chi connectivity index (χ4n) is 2.62. The third-order valence-corrected chi connectivity index (χ3v) is 4.77. The Morgan fingerprint density at radius 1 is 1.05 bits per heavy atom. The molecule has 1 unspecified atom stereocenters. The number of aromatic nitrogens is 1. The van der Waals surface area contributed by atoms with Crippen LogP contribution in [0.3, 0.4) is 0 Å². The van der Waals surface area contributed by atoms with Gasteiger partial charge in [0.15, 0.2) is 6.16 Å². The lowest BCUT2D eigenvalue weighted by Crippen LogP contribution is -1.91. The first-order valence-corrected chi connectivity index (χ1v) is 8.75. The van der Waals surface area contributed by atoms with Gasteiger partial charge in [0.25, 0.3) is 0 Å². The van der Waals surface area contributed by atoms with Crippen molar-refractivity contribution in [2.75, 3.05) is 6.16 Å². The molecule has 0 spiro atoms. The summed E-state index contributed by atoms with van der Waals surface area (Å²) < 4.78 is 19.6. The highest BCUT2D eigenvalue weighted by atomic mass is 31.1. The van der Waals surface area contributed by atoms with Gasteiger partial charge in [-0.05, 0) is 21.8 Å². The van der Waals surface area contributed by atoms with Crippen molar-refractivity contribution in [3.63, 3.8) is 0 Å². The Hall–Kier alpha value is -1.96. The second-order valence-electron chi connectivity index (χ2n) is 5.35. The molecule has 2 aromatic carbocycles. The van der Waals surface area contributed by atoms with Gasteiger partial charge in [0, 0.05) is 30.6 Å². The van der Waals surface area contributed by atoms with Gasteiger partial charge in [-0.25, -0.2) is 0 Å². The molecule has 3 rings (SSSR count). The van der Waals surface area contributed by atoms with Gasteiger partial charge in [-0.15, -0.1) is 4.52 Å². The van der Waals surface area contributed by atoms with E-state index in [2.05, 4.69) is 22.9 Å². The van der Waals surface area contributed by atoms with Crippen LogP contribution in [0.2, 0.25) is 0 Å². The summed E-state index contributed by atoms with van der Waals surface area (Å²) in [6.07, 6.45) is 3.44. The Morgan fingerprint density at radius 2 is 1.77 bits per heavy atom. The van der Waals surface area contributed by atoms with Crippen LogP contribution in [0.15, 0.2) is 60.8 Å². The maximum absolute atomic E-state index is 12.1. The minimum atomic E-state index is -1.63. The molecule has 0 aliphatic heterocycles. The average molecular weight is 312 g/mol. The maximum Gasteiger partial charge on any atom is 0.508 e. The lowest BCUT2D eigenvalue weighted by Gasteiger charge is -1.95. The monoisotopic (exact) mass is 312 g/mol. The van der Waals surface area contributed by atoms with Crippen LogP contribution in [-0.4, -0.2) is 10.7 Å². The first-order valence-electron chi connectivity index (χ1n) is 7.38. The molecule has 1 atom stereocenters. The van der Waals surface area contributed by atoms with Crippen LogP contribution in [-0.2, 0) is 29.2 Å². The smallest absolute Gasteiger partial charge is 0.350 e. The number of hydrogen-bond donors (Lipinski definition) is 0. The third-order valence-electron chi connectivity index (χ3n) is 3.76. The van der Waals surface area contributed by atoms with Gasteiger partial charge in [-0.3, -0.25) is 0 Å². The van der Waals surface area contributed by atoms with Crippen LogP contribution in [0.4, 0.5) is 0 Å². The summed E-state index contributed by atoms with van der Waals surface area (Å²) in [6.45, 7) is 0.408. The fourth-order valence-corrected chi connectivity index (χ4v) is 3.47. The molecule has 3 aromatic rings. The summed E-state index contributed by atoms with van der Waals surface area (Å²) in [7, 11) is 0.406. The largest absolute Gasteiger partial charge is 0.508 e. The van der Waals surface area contributed by atoms with Gasteiger partial charge >= 0.3 is 8.03 Å². The molecular formula is C18H19NO2P+. The fraction of sp³-hybridized carbons (Fsp3) is 0.222. The lowest BCUT2D eigenvalue weighted by atomic mass is 10.1. The van der Waals surface area contributed by atoms with E-state index < -0.39 is 8.03 Å². The molecule has 1 aromatic heterocycles. The molecule has 1 heterocycles. The summed E-state index contributed by atoms with van der Waals surface area (Å²) in [5, 5.41) is 1.23. The van der Waals surface area contributed by atoms with Gasteiger partial charge in [-0.1, -0.05) is 48.5 Å². The number of para-hydroxylation sites is 1. The van der Waals surface area contributed by atoms with Gasteiger partial charge in [0.2, 0.25) is 0 Å². The zero-order chi connectivity index (χ0) is 15.4. The van der Waals surface area contributed by atoms with E-state index in [-0.39, 0.29) is 0 Å². The first kappa shape index (κ1) is 15.0. The molecule has 22 heavy (non-hydrogen) atoms. The molecule has 0 N–H and O–H groups in total. The molecule has 0 radical (unpaired) electrons. The van der Waals surface area contributed by atoms with Crippen molar-refractivity contribution in [3.8, 4) is 0 Å². The molecule has 0 saturated carbocycles. The second-order valence-corrected chi connectivity index (χ2v) is 6.72. The van der Waals surface area contributed by atoms with Crippen molar-refractivity contribution < 1.29 is 9.09 Å². The molecule has 0 bridgehead atoms. The maximum atomic E-state index is 12.1. The topological polar surface area (TPSA) is 31.2 Å². The van der Waals surface area contributed by atoms with Gasteiger partial charge in [0.05, 0.1) is 0 Å².